The second-order valence-electron chi connectivity index (χ2n) is 6.10. The smallest absolute Gasteiger partial charge is 0.163 e. The number of aliphatic hydroxyl groups is 1. The third-order valence-corrected chi connectivity index (χ3v) is 4.26. The van der Waals surface area contributed by atoms with Crippen LogP contribution in [0.1, 0.15) is 23.9 Å². The van der Waals surface area contributed by atoms with E-state index < -0.39 is 0 Å². The molecule has 3 rings (SSSR count). The second-order valence-corrected chi connectivity index (χ2v) is 6.10. The molecule has 0 aliphatic carbocycles. The van der Waals surface area contributed by atoms with Crippen LogP contribution >= 0.6 is 0 Å². The van der Waals surface area contributed by atoms with Gasteiger partial charge in [0.05, 0.1) is 12.7 Å². The molecule has 1 fully saturated rings. The van der Waals surface area contributed by atoms with Crippen LogP contribution in [0.15, 0.2) is 36.7 Å². The lowest BCUT2D eigenvalue weighted by Crippen LogP contribution is -2.43. The SMILES string of the molecule is Cn1cnnc1[C@@H]1CN(C[C@@H](O)CCc2ccccc2)CCO1. The molecular weight excluding hydrogens is 292 g/mol. The van der Waals surface area contributed by atoms with Crippen molar-refractivity contribution in [1.82, 2.24) is 19.7 Å². The van der Waals surface area contributed by atoms with Gasteiger partial charge in [-0.15, -0.1) is 10.2 Å². The summed E-state index contributed by atoms with van der Waals surface area (Å²) in [6, 6.07) is 10.3. The van der Waals surface area contributed by atoms with Gasteiger partial charge >= 0.3 is 0 Å². The Hall–Kier alpha value is -1.76. The lowest BCUT2D eigenvalue weighted by atomic mass is 10.1. The van der Waals surface area contributed by atoms with E-state index in [4.69, 9.17) is 4.74 Å². The Bertz CT molecular complexity index is 602. The Labute approximate surface area is 136 Å². The summed E-state index contributed by atoms with van der Waals surface area (Å²) in [5.41, 5.74) is 1.27. The molecule has 23 heavy (non-hydrogen) atoms. The second kappa shape index (κ2) is 7.68. The fraction of sp³-hybridized carbons (Fsp3) is 0.529. The van der Waals surface area contributed by atoms with E-state index in [-0.39, 0.29) is 12.2 Å². The van der Waals surface area contributed by atoms with Crippen molar-refractivity contribution in [2.24, 2.45) is 7.05 Å². The highest BCUT2D eigenvalue weighted by Gasteiger charge is 2.26. The summed E-state index contributed by atoms with van der Waals surface area (Å²) in [6.07, 6.45) is 2.97. The Kier molecular flexibility index (Phi) is 5.38. The number of aliphatic hydroxyl groups excluding tert-OH is 1. The molecule has 1 N–H and O–H groups in total. The molecule has 1 aliphatic rings. The standard InChI is InChI=1S/C17H24N4O2/c1-20-13-18-19-17(20)16-12-21(9-10-23-16)11-15(22)8-7-14-5-3-2-4-6-14/h2-6,13,15-16,22H,7-12H2,1H3/t15-,16-/m0/s1. The van der Waals surface area contributed by atoms with Crippen LogP contribution in [-0.4, -0.2) is 57.1 Å². The predicted molar refractivity (Wildman–Crippen MR) is 86.9 cm³/mol. The minimum Gasteiger partial charge on any atom is -0.392 e. The van der Waals surface area contributed by atoms with E-state index in [1.165, 1.54) is 5.56 Å². The van der Waals surface area contributed by atoms with Crippen LogP contribution in [0.25, 0.3) is 0 Å². The van der Waals surface area contributed by atoms with Crippen molar-refractivity contribution in [3.8, 4) is 0 Å². The van der Waals surface area contributed by atoms with Gasteiger partial charge in [0, 0.05) is 26.7 Å². The molecule has 0 saturated carbocycles. The van der Waals surface area contributed by atoms with Crippen LogP contribution in [-0.2, 0) is 18.2 Å². The van der Waals surface area contributed by atoms with E-state index in [9.17, 15) is 5.11 Å². The minimum absolute atomic E-state index is 0.0717. The molecule has 1 saturated heterocycles. The molecule has 6 heteroatoms. The van der Waals surface area contributed by atoms with Gasteiger partial charge in [0.2, 0.25) is 0 Å². The average Bonchev–Trinajstić information content (AvgIpc) is 3.00. The number of nitrogens with zero attached hydrogens (tertiary/aromatic N) is 4. The first-order valence-electron chi connectivity index (χ1n) is 8.12. The van der Waals surface area contributed by atoms with Crippen LogP contribution in [0.3, 0.4) is 0 Å². The summed E-state index contributed by atoms with van der Waals surface area (Å²) in [6.45, 7) is 2.92. The molecule has 2 atom stereocenters. The molecule has 1 aliphatic heterocycles. The van der Waals surface area contributed by atoms with E-state index in [0.29, 0.717) is 13.2 Å². The number of hydrogen-bond donors (Lipinski definition) is 1. The molecule has 0 amide bonds. The molecule has 0 unspecified atom stereocenters. The summed E-state index contributed by atoms with van der Waals surface area (Å²) in [4.78, 5) is 2.25. The van der Waals surface area contributed by atoms with Gasteiger partial charge in [-0.05, 0) is 18.4 Å². The highest BCUT2D eigenvalue weighted by atomic mass is 16.5. The van der Waals surface area contributed by atoms with Crippen LogP contribution in [0.4, 0.5) is 0 Å². The number of morpholine rings is 1. The lowest BCUT2D eigenvalue weighted by Gasteiger charge is -2.33. The maximum atomic E-state index is 10.3. The van der Waals surface area contributed by atoms with Crippen LogP contribution in [0.5, 0.6) is 0 Å². The highest BCUT2D eigenvalue weighted by molar-refractivity contribution is 5.14. The number of aryl methyl sites for hydroxylation is 2. The van der Waals surface area contributed by atoms with Crippen LogP contribution < -0.4 is 0 Å². The number of hydrogen-bond acceptors (Lipinski definition) is 5. The van der Waals surface area contributed by atoms with E-state index in [2.05, 4.69) is 27.2 Å². The molecule has 124 valence electrons. The normalized spacial score (nSPS) is 20.5. The molecule has 2 heterocycles. The molecule has 2 aromatic rings. The maximum Gasteiger partial charge on any atom is 0.163 e. The van der Waals surface area contributed by atoms with Crippen molar-refractivity contribution in [3.63, 3.8) is 0 Å². The number of aromatic nitrogens is 3. The quantitative estimate of drug-likeness (QED) is 0.867. The topological polar surface area (TPSA) is 63.4 Å². The zero-order valence-electron chi connectivity index (χ0n) is 13.5. The van der Waals surface area contributed by atoms with Gasteiger partial charge in [-0.3, -0.25) is 4.90 Å². The molecule has 6 nitrogen and oxygen atoms in total. The van der Waals surface area contributed by atoms with Crippen LogP contribution in [0, 0.1) is 0 Å². The zero-order valence-corrected chi connectivity index (χ0v) is 13.5. The zero-order chi connectivity index (χ0) is 16.1. The van der Waals surface area contributed by atoms with Crippen molar-refractivity contribution >= 4 is 0 Å². The Morgan fingerprint density at radius 3 is 2.91 bits per heavy atom. The summed E-state index contributed by atoms with van der Waals surface area (Å²) < 4.78 is 7.69. The first-order valence-corrected chi connectivity index (χ1v) is 8.12. The summed E-state index contributed by atoms with van der Waals surface area (Å²) in [5.74, 6) is 0.841. The summed E-state index contributed by atoms with van der Waals surface area (Å²) in [5, 5.41) is 18.4. The first kappa shape index (κ1) is 16.1. The summed E-state index contributed by atoms with van der Waals surface area (Å²) >= 11 is 0. The van der Waals surface area contributed by atoms with Crippen LogP contribution in [0.2, 0.25) is 0 Å². The van der Waals surface area contributed by atoms with Gasteiger partial charge in [0.1, 0.15) is 12.4 Å². The van der Waals surface area contributed by atoms with E-state index in [1.807, 2.05) is 29.8 Å². The number of rotatable bonds is 6. The molecular formula is C17H24N4O2. The number of ether oxygens (including phenoxy) is 1. The highest BCUT2D eigenvalue weighted by Crippen LogP contribution is 2.20. The van der Waals surface area contributed by atoms with E-state index >= 15 is 0 Å². The fourth-order valence-corrected chi connectivity index (χ4v) is 2.98. The minimum atomic E-state index is -0.326. The molecule has 0 spiro atoms. The third kappa shape index (κ3) is 4.37. The van der Waals surface area contributed by atoms with Crippen molar-refractivity contribution < 1.29 is 9.84 Å². The maximum absolute atomic E-state index is 10.3. The van der Waals surface area contributed by atoms with Crippen molar-refractivity contribution in [3.05, 3.63) is 48.0 Å². The first-order chi connectivity index (χ1) is 11.2. The number of β-amino-alcohol motifs (C(OH)–C–C–N with tert-alkyl or cyclic N) is 1. The predicted octanol–water partition coefficient (Wildman–Crippen LogP) is 1.18. The molecule has 0 radical (unpaired) electrons. The summed E-state index contributed by atoms with van der Waals surface area (Å²) in [7, 11) is 1.92. The van der Waals surface area contributed by atoms with Gasteiger partial charge in [0.25, 0.3) is 0 Å². The third-order valence-electron chi connectivity index (χ3n) is 4.26. The van der Waals surface area contributed by atoms with E-state index in [0.717, 1.165) is 31.8 Å². The fourth-order valence-electron chi connectivity index (χ4n) is 2.98. The monoisotopic (exact) mass is 316 g/mol. The van der Waals surface area contributed by atoms with Gasteiger partial charge < -0.3 is 14.4 Å². The molecule has 0 bridgehead atoms. The Balaban J connectivity index is 1.48. The van der Waals surface area contributed by atoms with Crippen molar-refractivity contribution in [1.29, 1.82) is 0 Å². The molecule has 1 aromatic heterocycles. The van der Waals surface area contributed by atoms with Crippen molar-refractivity contribution in [2.45, 2.75) is 25.0 Å². The lowest BCUT2D eigenvalue weighted by molar-refractivity contribution is -0.0476. The van der Waals surface area contributed by atoms with Gasteiger partial charge in [0.15, 0.2) is 5.82 Å². The van der Waals surface area contributed by atoms with Gasteiger partial charge in [-0.2, -0.15) is 0 Å². The Morgan fingerprint density at radius 1 is 1.35 bits per heavy atom. The largest absolute Gasteiger partial charge is 0.392 e. The Morgan fingerprint density at radius 2 is 2.17 bits per heavy atom. The van der Waals surface area contributed by atoms with E-state index in [1.54, 1.807) is 6.33 Å². The van der Waals surface area contributed by atoms with Crippen molar-refractivity contribution in [2.75, 3.05) is 26.2 Å². The van der Waals surface area contributed by atoms with Gasteiger partial charge in [-0.1, -0.05) is 30.3 Å². The van der Waals surface area contributed by atoms with Gasteiger partial charge in [-0.25, -0.2) is 0 Å². The average molecular weight is 316 g/mol. The number of benzene rings is 1. The molecule has 1 aromatic carbocycles.